The molecule has 94 valence electrons. The molecule has 0 radical (unpaired) electrons. The summed E-state index contributed by atoms with van der Waals surface area (Å²) < 4.78 is 0. The largest absolute Gasteiger partial charge is 0.355 e. The molecular weight excluding hydrogens is 208 g/mol. The fourth-order valence-corrected chi connectivity index (χ4v) is 4.11. The van der Waals surface area contributed by atoms with E-state index in [-0.39, 0.29) is 0 Å². The van der Waals surface area contributed by atoms with Crippen LogP contribution in [-0.4, -0.2) is 29.9 Å². The topological polar surface area (TPSA) is 15.6 Å². The Balaban J connectivity index is 1.80. The van der Waals surface area contributed by atoms with Gasteiger partial charge in [-0.05, 0) is 43.4 Å². The SMILES string of the molecule is C=CC12CCC(C1)C1CN=C(CCC)N1CC2. The molecule has 2 heteroatoms. The second-order valence-electron chi connectivity index (χ2n) is 6.09. The number of fused-ring (bicyclic) bond motifs is 4. The van der Waals surface area contributed by atoms with E-state index in [1.54, 1.807) is 0 Å². The lowest BCUT2D eigenvalue weighted by molar-refractivity contribution is 0.258. The van der Waals surface area contributed by atoms with Crippen LogP contribution < -0.4 is 0 Å². The Morgan fingerprint density at radius 3 is 3.18 bits per heavy atom. The molecule has 2 heterocycles. The first-order chi connectivity index (χ1) is 8.28. The lowest BCUT2D eigenvalue weighted by Gasteiger charge is -2.31. The summed E-state index contributed by atoms with van der Waals surface area (Å²) in [6.07, 6.45) is 10.1. The van der Waals surface area contributed by atoms with Gasteiger partial charge >= 0.3 is 0 Å². The zero-order valence-corrected chi connectivity index (χ0v) is 11.0. The summed E-state index contributed by atoms with van der Waals surface area (Å²) in [6, 6.07) is 0.723. The van der Waals surface area contributed by atoms with E-state index >= 15 is 0 Å². The number of rotatable bonds is 3. The third kappa shape index (κ3) is 1.73. The van der Waals surface area contributed by atoms with E-state index < -0.39 is 0 Å². The van der Waals surface area contributed by atoms with Crippen molar-refractivity contribution < 1.29 is 0 Å². The highest BCUT2D eigenvalue weighted by Gasteiger charge is 2.46. The van der Waals surface area contributed by atoms with Crippen molar-refractivity contribution in [2.45, 2.75) is 51.5 Å². The van der Waals surface area contributed by atoms with Crippen molar-refractivity contribution in [1.82, 2.24) is 4.90 Å². The minimum atomic E-state index is 0.465. The van der Waals surface area contributed by atoms with Crippen molar-refractivity contribution in [3.8, 4) is 0 Å². The Morgan fingerprint density at radius 1 is 1.53 bits per heavy atom. The molecule has 0 aromatic rings. The highest BCUT2D eigenvalue weighted by atomic mass is 15.3. The van der Waals surface area contributed by atoms with Gasteiger partial charge in [-0.3, -0.25) is 4.99 Å². The van der Waals surface area contributed by atoms with Gasteiger partial charge in [0.15, 0.2) is 0 Å². The zero-order chi connectivity index (χ0) is 11.9. The van der Waals surface area contributed by atoms with E-state index in [1.807, 2.05) is 0 Å². The molecule has 3 unspecified atom stereocenters. The van der Waals surface area contributed by atoms with Crippen LogP contribution in [0, 0.1) is 11.3 Å². The van der Waals surface area contributed by atoms with Gasteiger partial charge in [-0.15, -0.1) is 6.58 Å². The summed E-state index contributed by atoms with van der Waals surface area (Å²) in [5.41, 5.74) is 0.465. The summed E-state index contributed by atoms with van der Waals surface area (Å²) in [7, 11) is 0. The highest BCUT2D eigenvalue weighted by molar-refractivity contribution is 5.84. The van der Waals surface area contributed by atoms with Crippen LogP contribution in [0.15, 0.2) is 17.6 Å². The average molecular weight is 232 g/mol. The minimum Gasteiger partial charge on any atom is -0.355 e. The van der Waals surface area contributed by atoms with Gasteiger partial charge in [0.1, 0.15) is 0 Å². The molecule has 2 aliphatic heterocycles. The van der Waals surface area contributed by atoms with E-state index in [2.05, 4.69) is 24.5 Å². The third-order valence-electron chi connectivity index (χ3n) is 5.18. The molecular formula is C15H24N2. The number of hydrogen-bond acceptors (Lipinski definition) is 2. The number of hydrogen-bond donors (Lipinski definition) is 0. The Hall–Kier alpha value is -0.790. The van der Waals surface area contributed by atoms with Gasteiger partial charge in [0.05, 0.1) is 18.4 Å². The quantitative estimate of drug-likeness (QED) is 0.682. The monoisotopic (exact) mass is 232 g/mol. The van der Waals surface area contributed by atoms with Crippen molar-refractivity contribution in [3.05, 3.63) is 12.7 Å². The average Bonchev–Trinajstić information content (AvgIpc) is 2.86. The number of allylic oxidation sites excluding steroid dienone is 1. The summed E-state index contributed by atoms with van der Waals surface area (Å²) in [5, 5.41) is 0. The second-order valence-corrected chi connectivity index (χ2v) is 6.09. The standard InChI is InChI=1S/C15H24N2/c1-3-5-14-16-11-13-12-6-7-15(4-2,10-12)8-9-17(13)14/h4,12-13H,2-3,5-11H2,1H3. The molecule has 0 N–H and O–H groups in total. The molecule has 1 aliphatic carbocycles. The highest BCUT2D eigenvalue weighted by Crippen LogP contribution is 2.50. The van der Waals surface area contributed by atoms with Crippen LogP contribution in [-0.2, 0) is 0 Å². The van der Waals surface area contributed by atoms with Crippen molar-refractivity contribution in [2.24, 2.45) is 16.3 Å². The first kappa shape index (κ1) is 11.3. The Labute approximate surface area is 105 Å². The number of amidine groups is 1. The van der Waals surface area contributed by atoms with E-state index in [1.165, 1.54) is 50.9 Å². The van der Waals surface area contributed by atoms with Crippen LogP contribution in [0.5, 0.6) is 0 Å². The van der Waals surface area contributed by atoms with Gasteiger partial charge in [-0.2, -0.15) is 0 Å². The molecule has 3 rings (SSSR count). The summed E-state index contributed by atoms with van der Waals surface area (Å²) >= 11 is 0. The molecule has 17 heavy (non-hydrogen) atoms. The van der Waals surface area contributed by atoms with Crippen LogP contribution >= 0.6 is 0 Å². The zero-order valence-electron chi connectivity index (χ0n) is 11.0. The van der Waals surface area contributed by atoms with Gasteiger partial charge in [-0.25, -0.2) is 0 Å². The molecule has 2 fully saturated rings. The lowest BCUT2D eigenvalue weighted by atomic mass is 9.82. The van der Waals surface area contributed by atoms with Gasteiger partial charge in [0, 0.05) is 13.0 Å². The minimum absolute atomic E-state index is 0.465. The van der Waals surface area contributed by atoms with Crippen LogP contribution in [0.2, 0.25) is 0 Å². The molecule has 0 aromatic carbocycles. The summed E-state index contributed by atoms with van der Waals surface area (Å²) in [6.45, 7) is 8.63. The van der Waals surface area contributed by atoms with Crippen molar-refractivity contribution in [2.75, 3.05) is 13.1 Å². The van der Waals surface area contributed by atoms with Gasteiger partial charge < -0.3 is 4.90 Å². The smallest absolute Gasteiger partial charge is 0.0992 e. The van der Waals surface area contributed by atoms with Gasteiger partial charge in [0.2, 0.25) is 0 Å². The maximum atomic E-state index is 4.79. The normalized spacial score (nSPS) is 39.8. The molecule has 1 saturated heterocycles. The molecule has 3 aliphatic rings. The van der Waals surface area contributed by atoms with Crippen LogP contribution in [0.1, 0.15) is 45.4 Å². The molecule has 2 bridgehead atoms. The fourth-order valence-electron chi connectivity index (χ4n) is 4.11. The van der Waals surface area contributed by atoms with Crippen molar-refractivity contribution in [3.63, 3.8) is 0 Å². The van der Waals surface area contributed by atoms with Crippen molar-refractivity contribution in [1.29, 1.82) is 0 Å². The van der Waals surface area contributed by atoms with Gasteiger partial charge in [-0.1, -0.05) is 13.0 Å². The predicted octanol–water partition coefficient (Wildman–Crippen LogP) is 3.25. The van der Waals surface area contributed by atoms with Gasteiger partial charge in [0.25, 0.3) is 0 Å². The molecule has 1 saturated carbocycles. The molecule has 3 atom stereocenters. The molecule has 0 spiro atoms. The first-order valence-electron chi connectivity index (χ1n) is 7.21. The molecule has 0 amide bonds. The second kappa shape index (κ2) is 4.15. The maximum absolute atomic E-state index is 4.79. The van der Waals surface area contributed by atoms with Crippen LogP contribution in [0.25, 0.3) is 0 Å². The van der Waals surface area contributed by atoms with Crippen LogP contribution in [0.4, 0.5) is 0 Å². The lowest BCUT2D eigenvalue weighted by Crippen LogP contribution is -2.40. The van der Waals surface area contributed by atoms with Crippen LogP contribution in [0.3, 0.4) is 0 Å². The molecule has 0 aromatic heterocycles. The Kier molecular flexibility index (Phi) is 2.76. The number of nitrogens with zero attached hydrogens (tertiary/aromatic N) is 2. The maximum Gasteiger partial charge on any atom is 0.0992 e. The van der Waals surface area contributed by atoms with E-state index in [9.17, 15) is 0 Å². The van der Waals surface area contributed by atoms with Crippen molar-refractivity contribution >= 4 is 5.84 Å². The van der Waals surface area contributed by atoms with E-state index in [0.29, 0.717) is 5.41 Å². The van der Waals surface area contributed by atoms with E-state index in [0.717, 1.165) is 18.5 Å². The molecule has 2 nitrogen and oxygen atoms in total. The number of aliphatic imine (C=N–C) groups is 1. The summed E-state index contributed by atoms with van der Waals surface area (Å²) in [4.78, 5) is 7.43. The summed E-state index contributed by atoms with van der Waals surface area (Å²) in [5.74, 6) is 2.26. The third-order valence-corrected chi connectivity index (χ3v) is 5.18. The Morgan fingerprint density at radius 2 is 2.41 bits per heavy atom. The first-order valence-corrected chi connectivity index (χ1v) is 7.21. The Bertz CT molecular complexity index is 347. The van der Waals surface area contributed by atoms with E-state index in [4.69, 9.17) is 4.99 Å². The predicted molar refractivity (Wildman–Crippen MR) is 72.3 cm³/mol. The fraction of sp³-hybridized carbons (Fsp3) is 0.800.